The van der Waals surface area contributed by atoms with E-state index in [1.165, 1.54) is 0 Å². The van der Waals surface area contributed by atoms with E-state index in [2.05, 4.69) is 57.5 Å². The van der Waals surface area contributed by atoms with E-state index in [-0.39, 0.29) is 4.45 Å². The molecular weight excluding hydrogens is 270 g/mol. The van der Waals surface area contributed by atoms with E-state index in [1.54, 1.807) is 0 Å². The highest BCUT2D eigenvalue weighted by Gasteiger charge is 2.28. The first-order chi connectivity index (χ1) is 5.14. The average Bonchev–Trinajstić information content (AvgIpc) is 2.06. The molecule has 0 aliphatic carbocycles. The summed E-state index contributed by atoms with van der Waals surface area (Å²) in [6.45, 7) is 8.78. The third-order valence-electron chi connectivity index (χ3n) is 2.08. The molecule has 0 aromatic carbocycles. The van der Waals surface area contributed by atoms with Crippen LogP contribution in [0.2, 0.25) is 0 Å². The van der Waals surface area contributed by atoms with Crippen molar-refractivity contribution in [2.45, 2.75) is 31.6 Å². The van der Waals surface area contributed by atoms with Crippen molar-refractivity contribution in [3.05, 3.63) is 0 Å². The Balaban J connectivity index is 4.19. The summed E-state index contributed by atoms with van der Waals surface area (Å²) in [5, 5.41) is 0.984. The van der Waals surface area contributed by atoms with Gasteiger partial charge in [-0.05, 0) is 19.5 Å². The van der Waals surface area contributed by atoms with Crippen LogP contribution in [0.25, 0.3) is 0 Å². The van der Waals surface area contributed by atoms with E-state index in [4.69, 9.17) is 0 Å². The monoisotopic (exact) mass is 285 g/mol. The first-order valence-corrected chi connectivity index (χ1v) is 6.06. The topological polar surface area (TPSA) is 3.24 Å². The van der Waals surface area contributed by atoms with Crippen LogP contribution in [0.3, 0.4) is 0 Å². The fourth-order valence-corrected chi connectivity index (χ4v) is 2.45. The van der Waals surface area contributed by atoms with Crippen molar-refractivity contribution >= 4 is 31.9 Å². The Morgan fingerprint density at radius 3 is 1.73 bits per heavy atom. The SMILES string of the molecule is CCN(CC)C(Br)(CC)CBr. The lowest BCUT2D eigenvalue weighted by Crippen LogP contribution is -2.44. The minimum atomic E-state index is 0.163. The molecule has 0 saturated heterocycles. The molecule has 11 heavy (non-hydrogen) atoms. The van der Waals surface area contributed by atoms with Crippen LogP contribution in [0, 0.1) is 0 Å². The normalized spacial score (nSPS) is 16.9. The summed E-state index contributed by atoms with van der Waals surface area (Å²) in [4.78, 5) is 2.42. The molecule has 0 radical (unpaired) electrons. The van der Waals surface area contributed by atoms with Crippen LogP contribution in [0.4, 0.5) is 0 Å². The summed E-state index contributed by atoms with van der Waals surface area (Å²) >= 11 is 7.28. The molecule has 0 rings (SSSR count). The Morgan fingerprint density at radius 2 is 1.64 bits per heavy atom. The maximum Gasteiger partial charge on any atom is 0.0861 e. The van der Waals surface area contributed by atoms with Crippen LogP contribution in [0.5, 0.6) is 0 Å². The molecule has 0 aromatic rings. The van der Waals surface area contributed by atoms with E-state index in [0.717, 1.165) is 24.8 Å². The third kappa shape index (κ3) is 3.03. The van der Waals surface area contributed by atoms with E-state index >= 15 is 0 Å². The lowest BCUT2D eigenvalue weighted by atomic mass is 10.2. The summed E-state index contributed by atoms with van der Waals surface area (Å²) in [6.07, 6.45) is 1.12. The van der Waals surface area contributed by atoms with Gasteiger partial charge in [0.2, 0.25) is 0 Å². The zero-order valence-corrected chi connectivity index (χ0v) is 10.7. The molecule has 1 atom stereocenters. The van der Waals surface area contributed by atoms with Gasteiger partial charge in [-0.2, -0.15) is 0 Å². The van der Waals surface area contributed by atoms with Gasteiger partial charge in [-0.15, -0.1) is 0 Å². The van der Waals surface area contributed by atoms with Crippen LogP contribution in [-0.4, -0.2) is 27.8 Å². The van der Waals surface area contributed by atoms with E-state index in [9.17, 15) is 0 Å². The van der Waals surface area contributed by atoms with Crippen LogP contribution in [0.1, 0.15) is 27.2 Å². The van der Waals surface area contributed by atoms with Gasteiger partial charge in [0, 0.05) is 5.33 Å². The maximum absolute atomic E-state index is 3.75. The summed E-state index contributed by atoms with van der Waals surface area (Å²) in [5.74, 6) is 0. The number of alkyl halides is 2. The van der Waals surface area contributed by atoms with E-state index in [0.29, 0.717) is 0 Å². The Hall–Kier alpha value is 0.920. The van der Waals surface area contributed by atoms with Gasteiger partial charge >= 0.3 is 0 Å². The standard InChI is InChI=1S/C8H17Br2N/c1-4-8(10,7-9)11(5-2)6-3/h4-7H2,1-3H3. The van der Waals surface area contributed by atoms with Crippen LogP contribution >= 0.6 is 31.9 Å². The smallest absolute Gasteiger partial charge is 0.0861 e. The fraction of sp³-hybridized carbons (Fsp3) is 1.00. The molecule has 0 bridgehead atoms. The van der Waals surface area contributed by atoms with Crippen molar-refractivity contribution < 1.29 is 0 Å². The molecule has 68 valence electrons. The minimum absolute atomic E-state index is 0.163. The highest BCUT2D eigenvalue weighted by molar-refractivity contribution is 9.12. The summed E-state index contributed by atoms with van der Waals surface area (Å²) in [6, 6.07) is 0. The predicted molar refractivity (Wildman–Crippen MR) is 58.7 cm³/mol. The van der Waals surface area contributed by atoms with Gasteiger partial charge < -0.3 is 0 Å². The molecule has 0 N–H and O–H groups in total. The van der Waals surface area contributed by atoms with Gasteiger partial charge in [-0.3, -0.25) is 4.90 Å². The van der Waals surface area contributed by atoms with Gasteiger partial charge in [-0.25, -0.2) is 0 Å². The summed E-state index contributed by atoms with van der Waals surface area (Å²) in [7, 11) is 0. The molecule has 0 spiro atoms. The van der Waals surface area contributed by atoms with Crippen LogP contribution in [0.15, 0.2) is 0 Å². The van der Waals surface area contributed by atoms with Crippen molar-refractivity contribution in [1.82, 2.24) is 4.90 Å². The first kappa shape index (κ1) is 11.9. The highest BCUT2D eigenvalue weighted by atomic mass is 79.9. The Morgan fingerprint density at radius 1 is 1.18 bits per heavy atom. The van der Waals surface area contributed by atoms with Crippen LogP contribution < -0.4 is 0 Å². The molecular formula is C8H17Br2N. The Kier molecular flexibility index (Phi) is 6.01. The van der Waals surface area contributed by atoms with Crippen molar-refractivity contribution in [3.63, 3.8) is 0 Å². The number of nitrogens with zero attached hydrogens (tertiary/aromatic N) is 1. The number of hydrogen-bond acceptors (Lipinski definition) is 1. The molecule has 1 nitrogen and oxygen atoms in total. The summed E-state index contributed by atoms with van der Waals surface area (Å²) < 4.78 is 0.163. The van der Waals surface area contributed by atoms with Gasteiger partial charge in [0.1, 0.15) is 0 Å². The van der Waals surface area contributed by atoms with Crippen molar-refractivity contribution in [1.29, 1.82) is 0 Å². The summed E-state index contributed by atoms with van der Waals surface area (Å²) in [5.41, 5.74) is 0. The zero-order chi connectivity index (χ0) is 8.91. The van der Waals surface area contributed by atoms with Crippen molar-refractivity contribution in [2.24, 2.45) is 0 Å². The molecule has 0 heterocycles. The van der Waals surface area contributed by atoms with E-state index in [1.807, 2.05) is 0 Å². The van der Waals surface area contributed by atoms with Gasteiger partial charge in [-0.1, -0.05) is 52.6 Å². The molecule has 0 amide bonds. The molecule has 3 heteroatoms. The molecule has 0 fully saturated rings. The molecule has 0 aromatic heterocycles. The molecule has 0 saturated carbocycles. The minimum Gasteiger partial charge on any atom is -0.288 e. The lowest BCUT2D eigenvalue weighted by molar-refractivity contribution is 0.208. The second-order valence-corrected chi connectivity index (χ2v) is 4.61. The highest BCUT2D eigenvalue weighted by Crippen LogP contribution is 2.28. The maximum atomic E-state index is 3.75. The van der Waals surface area contributed by atoms with E-state index < -0.39 is 0 Å². The average molecular weight is 287 g/mol. The van der Waals surface area contributed by atoms with Gasteiger partial charge in [0.05, 0.1) is 4.45 Å². The van der Waals surface area contributed by atoms with Crippen molar-refractivity contribution in [3.8, 4) is 0 Å². The Labute approximate surface area is 86.8 Å². The Bertz CT molecular complexity index is 98.3. The number of hydrogen-bond donors (Lipinski definition) is 0. The second kappa shape index (κ2) is 5.55. The largest absolute Gasteiger partial charge is 0.288 e. The van der Waals surface area contributed by atoms with Gasteiger partial charge in [0.15, 0.2) is 0 Å². The number of rotatable bonds is 5. The quantitative estimate of drug-likeness (QED) is 0.554. The lowest BCUT2D eigenvalue weighted by Gasteiger charge is -2.36. The first-order valence-electron chi connectivity index (χ1n) is 4.14. The van der Waals surface area contributed by atoms with Crippen LogP contribution in [-0.2, 0) is 0 Å². The molecule has 1 unspecified atom stereocenters. The fourth-order valence-electron chi connectivity index (χ4n) is 1.19. The third-order valence-corrected chi connectivity index (χ3v) is 5.10. The predicted octanol–water partition coefficient (Wildman–Crippen LogP) is 3.22. The second-order valence-electron chi connectivity index (χ2n) is 2.58. The van der Waals surface area contributed by atoms with Crippen molar-refractivity contribution in [2.75, 3.05) is 18.4 Å². The van der Waals surface area contributed by atoms with Gasteiger partial charge in [0.25, 0.3) is 0 Å². The zero-order valence-electron chi connectivity index (χ0n) is 7.53. The number of halogens is 2. The molecule has 0 aliphatic rings. The molecule has 0 aliphatic heterocycles.